The first-order chi connectivity index (χ1) is 28.2. The van der Waals surface area contributed by atoms with Crippen molar-refractivity contribution in [1.82, 2.24) is 19.5 Å². The van der Waals surface area contributed by atoms with Crippen LogP contribution in [0, 0.1) is 0 Å². The quantitative estimate of drug-likeness (QED) is 0.0743. The summed E-state index contributed by atoms with van der Waals surface area (Å²) in [6.45, 7) is 3.62. The molecule has 1 N–H and O–H groups in total. The number of ether oxygens (including phenoxy) is 4. The highest BCUT2D eigenvalue weighted by Crippen LogP contribution is 2.51. The largest absolute Gasteiger partial charge is 0.497 e. The number of halogens is 1. The highest BCUT2D eigenvalue weighted by atomic mass is 31.2. The van der Waals surface area contributed by atoms with E-state index in [9.17, 15) is 9.36 Å². The van der Waals surface area contributed by atoms with E-state index in [1.807, 2.05) is 78.9 Å². The van der Waals surface area contributed by atoms with E-state index in [-0.39, 0.29) is 30.2 Å². The van der Waals surface area contributed by atoms with Gasteiger partial charge in [0.15, 0.2) is 29.4 Å². The summed E-state index contributed by atoms with van der Waals surface area (Å²) in [5.41, 5.74) is 1.40. The van der Waals surface area contributed by atoms with Gasteiger partial charge in [0, 0.05) is 11.4 Å². The van der Waals surface area contributed by atoms with Crippen molar-refractivity contribution in [3.05, 3.63) is 156 Å². The zero-order valence-corrected chi connectivity index (χ0v) is 33.2. The predicted molar refractivity (Wildman–Crippen MR) is 216 cm³/mol. The number of hydrogen-bond donors (Lipinski definition) is 1. The molecule has 1 aliphatic rings. The molecule has 1 amide bonds. The number of fused-ring (bicyclic) bond motifs is 1. The molecule has 0 bridgehead atoms. The number of carbonyl (C=O) groups excluding carboxylic acids is 1. The lowest BCUT2D eigenvalue weighted by Crippen LogP contribution is -2.42. The second kappa shape index (κ2) is 17.8. The van der Waals surface area contributed by atoms with Gasteiger partial charge in [-0.2, -0.15) is 0 Å². The van der Waals surface area contributed by atoms with Gasteiger partial charge in [-0.1, -0.05) is 72.8 Å². The van der Waals surface area contributed by atoms with Gasteiger partial charge in [0.25, 0.3) is 5.91 Å². The van der Waals surface area contributed by atoms with E-state index in [0.29, 0.717) is 33.8 Å². The van der Waals surface area contributed by atoms with E-state index in [4.69, 9.17) is 28.0 Å². The number of carbonyl (C=O) groups is 1. The maximum Gasteiger partial charge on any atom is 0.353 e. The Labute approximate surface area is 335 Å². The smallest absolute Gasteiger partial charge is 0.353 e. The van der Waals surface area contributed by atoms with Crippen molar-refractivity contribution in [3.8, 4) is 11.5 Å². The maximum atomic E-state index is 17.7. The molecule has 0 unspecified atom stereocenters. The van der Waals surface area contributed by atoms with E-state index in [1.165, 1.54) is 29.1 Å². The molecule has 15 heteroatoms. The molecule has 1 saturated heterocycles. The van der Waals surface area contributed by atoms with Crippen LogP contribution >= 0.6 is 7.60 Å². The van der Waals surface area contributed by atoms with Crippen LogP contribution in [0.1, 0.15) is 47.1 Å². The molecule has 300 valence electrons. The van der Waals surface area contributed by atoms with Gasteiger partial charge in [0.05, 0.1) is 33.8 Å². The lowest BCUT2D eigenvalue weighted by molar-refractivity contribution is -0.0824. The maximum absolute atomic E-state index is 17.7. The number of nitrogens with zero attached hydrogens (tertiary/aromatic N) is 4. The number of amides is 1. The minimum Gasteiger partial charge on any atom is -0.497 e. The van der Waals surface area contributed by atoms with Crippen LogP contribution in [0.5, 0.6) is 11.5 Å². The van der Waals surface area contributed by atoms with E-state index in [2.05, 4.69) is 20.3 Å². The first-order valence-corrected chi connectivity index (χ1v) is 20.3. The van der Waals surface area contributed by atoms with Crippen molar-refractivity contribution in [1.29, 1.82) is 0 Å². The monoisotopic (exact) mass is 807 g/mol. The van der Waals surface area contributed by atoms with Crippen LogP contribution in [0.15, 0.2) is 134 Å². The molecule has 6 aromatic rings. The average molecular weight is 808 g/mol. The fraction of sp³-hybridized carbons (Fsp3) is 0.256. The second-order valence-corrected chi connectivity index (χ2v) is 15.0. The number of benzene rings is 4. The third-order valence-corrected chi connectivity index (χ3v) is 11.4. The first kappa shape index (κ1) is 40.4. The fourth-order valence-corrected chi connectivity index (χ4v) is 8.31. The Kier molecular flexibility index (Phi) is 12.4. The molecule has 13 nitrogen and oxygen atoms in total. The van der Waals surface area contributed by atoms with E-state index < -0.39 is 43.7 Å². The Morgan fingerprint density at radius 1 is 0.828 bits per heavy atom. The van der Waals surface area contributed by atoms with Crippen molar-refractivity contribution in [3.63, 3.8) is 0 Å². The minimum atomic E-state index is -3.77. The van der Waals surface area contributed by atoms with Crippen LogP contribution in [0.25, 0.3) is 11.2 Å². The Bertz CT molecular complexity index is 2320. The van der Waals surface area contributed by atoms with Gasteiger partial charge in [0.1, 0.15) is 35.6 Å². The van der Waals surface area contributed by atoms with Gasteiger partial charge in [-0.25, -0.2) is 19.3 Å². The molecule has 0 spiro atoms. The van der Waals surface area contributed by atoms with Crippen LogP contribution in [0.2, 0.25) is 0 Å². The molecule has 1 fully saturated rings. The van der Waals surface area contributed by atoms with Crippen molar-refractivity contribution in [2.24, 2.45) is 0 Å². The Morgan fingerprint density at radius 3 is 1.97 bits per heavy atom. The molecular weight excluding hydrogens is 764 g/mol. The normalized spacial score (nSPS) is 18.4. The number of rotatable bonds is 16. The van der Waals surface area contributed by atoms with Crippen molar-refractivity contribution < 1.29 is 41.7 Å². The van der Waals surface area contributed by atoms with Crippen LogP contribution < -0.4 is 14.8 Å². The predicted octanol–water partition coefficient (Wildman–Crippen LogP) is 8.49. The molecule has 0 saturated carbocycles. The molecular formula is C43H43FN5O8P. The van der Waals surface area contributed by atoms with E-state index in [0.717, 1.165) is 0 Å². The van der Waals surface area contributed by atoms with Gasteiger partial charge in [-0.15, -0.1) is 0 Å². The number of alkyl halides is 1. The number of methoxy groups -OCH3 is 2. The summed E-state index contributed by atoms with van der Waals surface area (Å²) >= 11 is 0. The van der Waals surface area contributed by atoms with Gasteiger partial charge in [0.2, 0.25) is 0 Å². The molecule has 58 heavy (non-hydrogen) atoms. The van der Waals surface area contributed by atoms with Crippen molar-refractivity contribution >= 4 is 30.5 Å². The molecule has 0 radical (unpaired) electrons. The first-order valence-electron chi connectivity index (χ1n) is 18.7. The molecule has 7 rings (SSSR count). The standard InChI is InChI=1S/C43H43FN5O8P/c1-5-54-58(51,55-6-2)26-25-35-38(36(44)42(56-35)49-28-47-37-39(45-27-46-40(37)49)48-41(50)29-13-9-7-10-14-29)57-43(30-15-11-8-12-16-30,31-17-21-33(52-3)22-18-31)32-19-23-34(53-4)24-20-32/h7-28,35-36,38,42H,5-6H2,1-4H3,(H,45,46,48,50)/b26-25+/t35-,36-,38-,42-/m1/s1. The molecule has 1 aliphatic heterocycles. The Hall–Kier alpha value is -5.76. The SMILES string of the molecule is CCOP(=O)(/C=C/[C@H]1O[C@@H](n2cnc3c(NC(=O)c4ccccc4)ncnc32)[C@H](F)[C@@H]1OC(c1ccccc1)(c1ccc(OC)cc1)c1ccc(OC)cc1)OCC. The lowest BCUT2D eigenvalue weighted by atomic mass is 9.79. The number of aromatic nitrogens is 4. The van der Waals surface area contributed by atoms with Gasteiger partial charge >= 0.3 is 7.60 Å². The number of hydrogen-bond acceptors (Lipinski definition) is 11. The molecule has 4 atom stereocenters. The van der Waals surface area contributed by atoms with Gasteiger partial charge in [-0.05, 0) is 73.0 Å². The second-order valence-electron chi connectivity index (χ2n) is 13.1. The number of imidazole rings is 1. The molecule has 2 aromatic heterocycles. The molecule has 3 heterocycles. The average Bonchev–Trinajstić information content (AvgIpc) is 3.83. The summed E-state index contributed by atoms with van der Waals surface area (Å²) in [6, 6.07) is 32.8. The van der Waals surface area contributed by atoms with Gasteiger partial charge < -0.3 is 33.3 Å². The van der Waals surface area contributed by atoms with Crippen LogP contribution in [-0.4, -0.2) is 71.2 Å². The third kappa shape index (κ3) is 8.15. The van der Waals surface area contributed by atoms with E-state index in [1.54, 1.807) is 58.4 Å². The summed E-state index contributed by atoms with van der Waals surface area (Å²) in [5.74, 6) is 2.24. The summed E-state index contributed by atoms with van der Waals surface area (Å²) < 4.78 is 68.8. The van der Waals surface area contributed by atoms with E-state index >= 15 is 4.39 Å². The summed E-state index contributed by atoms with van der Waals surface area (Å²) in [5, 5.41) is 2.78. The summed E-state index contributed by atoms with van der Waals surface area (Å²) in [6.07, 6.45) is -1.69. The van der Waals surface area contributed by atoms with Crippen molar-refractivity contribution in [2.75, 3.05) is 32.8 Å². The zero-order valence-electron chi connectivity index (χ0n) is 32.3. The number of anilines is 1. The van der Waals surface area contributed by atoms with Crippen LogP contribution in [0.3, 0.4) is 0 Å². The minimum absolute atomic E-state index is 0.108. The summed E-state index contributed by atoms with van der Waals surface area (Å²) in [4.78, 5) is 26.3. The topological polar surface area (TPSA) is 145 Å². The zero-order chi connectivity index (χ0) is 40.7. The fourth-order valence-electron chi connectivity index (χ4n) is 6.97. The highest BCUT2D eigenvalue weighted by molar-refractivity contribution is 7.57. The lowest BCUT2D eigenvalue weighted by Gasteiger charge is -2.39. The molecule has 4 aromatic carbocycles. The Balaban J connectivity index is 1.36. The highest BCUT2D eigenvalue weighted by Gasteiger charge is 2.52. The number of nitrogens with one attached hydrogen (secondary N) is 1. The van der Waals surface area contributed by atoms with Crippen LogP contribution in [-0.2, 0) is 28.7 Å². The summed E-state index contributed by atoms with van der Waals surface area (Å²) in [7, 11) is -0.617. The molecule has 0 aliphatic carbocycles. The third-order valence-electron chi connectivity index (χ3n) is 9.67. The van der Waals surface area contributed by atoms with Gasteiger partial charge in [-0.3, -0.25) is 13.9 Å². The van der Waals surface area contributed by atoms with Crippen molar-refractivity contribution in [2.45, 2.75) is 44.1 Å². The van der Waals surface area contributed by atoms with Crippen LogP contribution in [0.4, 0.5) is 10.2 Å². The Morgan fingerprint density at radius 2 is 1.40 bits per heavy atom.